The van der Waals surface area contributed by atoms with Crippen molar-refractivity contribution in [2.75, 3.05) is 0 Å². The highest BCUT2D eigenvalue weighted by atomic mass is 31.2. The maximum atomic E-state index is 15.5. The fraction of sp³-hybridized carbons (Fsp3) is 0.562. The number of rotatable bonds is 7. The van der Waals surface area contributed by atoms with E-state index in [0.29, 0.717) is 0 Å². The molecule has 0 radical (unpaired) electrons. The van der Waals surface area contributed by atoms with E-state index in [0.717, 1.165) is 47.2 Å². The van der Waals surface area contributed by atoms with E-state index < -0.39 is 29.6 Å². The first-order valence-electron chi connectivity index (χ1n) is 14.2. The van der Waals surface area contributed by atoms with Crippen LogP contribution in [0.1, 0.15) is 74.1 Å². The second kappa shape index (κ2) is 11.0. The molecule has 3 rings (SSSR count). The highest BCUT2D eigenvalue weighted by molar-refractivity contribution is 7.82. The van der Waals surface area contributed by atoms with Crippen LogP contribution in [0, 0.1) is 0 Å². The molecule has 3 nitrogen and oxygen atoms in total. The van der Waals surface area contributed by atoms with Gasteiger partial charge in [-0.25, -0.2) is 0 Å². The molecule has 0 atom stereocenters. The van der Waals surface area contributed by atoms with Crippen molar-refractivity contribution in [2.24, 2.45) is 0 Å². The third-order valence-corrected chi connectivity index (χ3v) is 21.4. The van der Waals surface area contributed by atoms with E-state index >= 15 is 4.57 Å². The summed E-state index contributed by atoms with van der Waals surface area (Å²) in [6.45, 7) is 25.1. The normalized spacial score (nSPS) is 18.8. The molecule has 2 aromatic rings. The summed E-state index contributed by atoms with van der Waals surface area (Å²) in [4.78, 5) is 0. The van der Waals surface area contributed by atoms with Gasteiger partial charge in [-0.05, 0) is 73.3 Å². The highest BCUT2D eigenvalue weighted by Gasteiger charge is 2.54. The molecule has 1 aliphatic carbocycles. The van der Waals surface area contributed by atoms with Crippen molar-refractivity contribution in [3.63, 3.8) is 0 Å². The summed E-state index contributed by atoms with van der Waals surface area (Å²) >= 11 is 0. The average molecular weight is 571 g/mol. The van der Waals surface area contributed by atoms with Crippen molar-refractivity contribution in [2.45, 2.75) is 116 Å². The average Bonchev–Trinajstić information content (AvgIpc) is 2.82. The molecule has 6 heteroatoms. The molecule has 2 aromatic carbocycles. The Bertz CT molecular complexity index is 1100. The van der Waals surface area contributed by atoms with Gasteiger partial charge in [0, 0.05) is 17.0 Å². The fourth-order valence-corrected chi connectivity index (χ4v) is 10.6. The lowest BCUT2D eigenvalue weighted by Crippen LogP contribution is -2.58. The molecular formula is C32H51O3PSi2. The molecule has 0 unspecified atom stereocenters. The van der Waals surface area contributed by atoms with E-state index in [1.54, 1.807) is 0 Å². The van der Waals surface area contributed by atoms with Crippen molar-refractivity contribution in [3.05, 3.63) is 71.6 Å². The summed E-state index contributed by atoms with van der Waals surface area (Å²) in [7, 11) is -7.64. The second-order valence-electron chi connectivity index (χ2n) is 14.0. The lowest BCUT2D eigenvalue weighted by molar-refractivity contribution is -0.118. The second-order valence-corrected chi connectivity index (χ2v) is 26.4. The van der Waals surface area contributed by atoms with E-state index in [1.165, 1.54) is 0 Å². The van der Waals surface area contributed by atoms with Gasteiger partial charge in [-0.2, -0.15) is 0 Å². The van der Waals surface area contributed by atoms with Crippen LogP contribution < -0.4 is 10.6 Å². The topological polar surface area (TPSA) is 35.5 Å². The monoisotopic (exact) mass is 570 g/mol. The van der Waals surface area contributed by atoms with Gasteiger partial charge in [-0.15, -0.1) is 0 Å². The molecule has 0 aliphatic heterocycles. The Morgan fingerprint density at radius 2 is 1.13 bits per heavy atom. The lowest BCUT2D eigenvalue weighted by Gasteiger charge is -2.53. The van der Waals surface area contributed by atoms with Gasteiger partial charge in [-0.3, -0.25) is 0 Å². The van der Waals surface area contributed by atoms with Crippen molar-refractivity contribution in [3.8, 4) is 0 Å². The first-order chi connectivity index (χ1) is 17.4. The molecule has 1 saturated carbocycles. The van der Waals surface area contributed by atoms with Crippen LogP contribution in [0.25, 0.3) is 0 Å². The summed E-state index contributed by atoms with van der Waals surface area (Å²) < 4.78 is 30.4. The number of benzene rings is 2. The minimum Gasteiger partial charge on any atom is -0.387 e. The van der Waals surface area contributed by atoms with Gasteiger partial charge in [0.05, 0.1) is 0 Å². The van der Waals surface area contributed by atoms with Gasteiger partial charge in [0.15, 0.2) is 29.6 Å². The SMILES string of the molecule is C/C(=C1/CCCCC1(O[Si](C)(C)C(C)(C)C)O[Si](C)(C)C(C)(C)C)P(=O)(c1ccccc1)c1ccccc1. The summed E-state index contributed by atoms with van der Waals surface area (Å²) in [5, 5.41) is 2.73. The van der Waals surface area contributed by atoms with Crippen molar-refractivity contribution < 1.29 is 13.4 Å². The Labute approximate surface area is 235 Å². The number of hydrogen-bond acceptors (Lipinski definition) is 3. The molecule has 0 bridgehead atoms. The number of hydrogen-bond donors (Lipinski definition) is 0. The Kier molecular flexibility index (Phi) is 9.04. The lowest BCUT2D eigenvalue weighted by atomic mass is 9.88. The van der Waals surface area contributed by atoms with Gasteiger partial charge in [0.1, 0.15) is 0 Å². The van der Waals surface area contributed by atoms with Crippen LogP contribution in [0.15, 0.2) is 71.6 Å². The van der Waals surface area contributed by atoms with Gasteiger partial charge in [0.25, 0.3) is 0 Å². The first-order valence-corrected chi connectivity index (χ1v) is 21.7. The van der Waals surface area contributed by atoms with Crippen molar-refractivity contribution in [1.82, 2.24) is 0 Å². The molecule has 0 spiro atoms. The molecule has 210 valence electrons. The van der Waals surface area contributed by atoms with Crippen LogP contribution in [0.2, 0.25) is 36.3 Å². The summed E-state index contributed by atoms with van der Waals surface area (Å²) in [6.07, 6.45) is 3.75. The highest BCUT2D eigenvalue weighted by Crippen LogP contribution is 2.58. The maximum Gasteiger partial charge on any atom is 0.196 e. The predicted octanol–water partition coefficient (Wildman–Crippen LogP) is 9.59. The molecule has 38 heavy (non-hydrogen) atoms. The molecule has 0 heterocycles. The Morgan fingerprint density at radius 1 is 0.737 bits per heavy atom. The zero-order valence-corrected chi connectivity index (χ0v) is 28.7. The molecule has 1 aliphatic rings. The summed E-state index contributed by atoms with van der Waals surface area (Å²) in [5.41, 5.74) is 1.12. The Morgan fingerprint density at radius 3 is 1.50 bits per heavy atom. The fourth-order valence-electron chi connectivity index (χ4n) is 4.84. The standard InChI is InChI=1S/C32H51O3PSi2/c1-26(36(33,27-20-14-12-15-21-27)28-22-16-13-17-23-28)29-24-18-19-25-32(29,34-37(8,9)30(2,3)4)35-38(10,11)31(5,6)7/h12-17,20-23H,18-19,24-25H2,1-11H3/b29-26+. The maximum absolute atomic E-state index is 15.5. The van der Waals surface area contributed by atoms with Crippen LogP contribution >= 0.6 is 7.14 Å². The van der Waals surface area contributed by atoms with Gasteiger partial charge >= 0.3 is 0 Å². The minimum atomic E-state index is -3.13. The van der Waals surface area contributed by atoms with E-state index in [-0.39, 0.29) is 10.1 Å². The van der Waals surface area contributed by atoms with E-state index in [4.69, 9.17) is 8.85 Å². The van der Waals surface area contributed by atoms with Crippen LogP contribution in [0.4, 0.5) is 0 Å². The van der Waals surface area contributed by atoms with Crippen LogP contribution in [-0.2, 0) is 13.4 Å². The van der Waals surface area contributed by atoms with Gasteiger partial charge in [-0.1, -0.05) is 102 Å². The molecule has 0 amide bonds. The Hall–Kier alpha value is -1.24. The van der Waals surface area contributed by atoms with E-state index in [1.807, 2.05) is 60.7 Å². The number of allylic oxidation sites excluding steroid dienone is 1. The van der Waals surface area contributed by atoms with E-state index in [2.05, 4.69) is 74.7 Å². The predicted molar refractivity (Wildman–Crippen MR) is 170 cm³/mol. The summed E-state index contributed by atoms with van der Waals surface area (Å²) in [6, 6.07) is 20.0. The van der Waals surface area contributed by atoms with Crippen molar-refractivity contribution in [1.29, 1.82) is 0 Å². The quantitative estimate of drug-likeness (QED) is 0.189. The van der Waals surface area contributed by atoms with Crippen molar-refractivity contribution >= 4 is 34.4 Å². The molecular weight excluding hydrogens is 519 g/mol. The zero-order valence-electron chi connectivity index (χ0n) is 25.8. The summed E-state index contributed by atoms with van der Waals surface area (Å²) in [5.74, 6) is -0.854. The van der Waals surface area contributed by atoms with Gasteiger partial charge < -0.3 is 13.4 Å². The van der Waals surface area contributed by atoms with Crippen LogP contribution in [-0.4, -0.2) is 22.4 Å². The van der Waals surface area contributed by atoms with Crippen LogP contribution in [0.5, 0.6) is 0 Å². The Balaban J connectivity index is 2.37. The largest absolute Gasteiger partial charge is 0.387 e. The van der Waals surface area contributed by atoms with Crippen LogP contribution in [0.3, 0.4) is 0 Å². The molecule has 0 saturated heterocycles. The molecule has 0 N–H and O–H groups in total. The third-order valence-electron chi connectivity index (χ3n) is 9.24. The van der Waals surface area contributed by atoms with Gasteiger partial charge in [0.2, 0.25) is 0 Å². The zero-order chi connectivity index (χ0) is 28.6. The minimum absolute atomic E-state index is 0.0236. The molecule has 1 fully saturated rings. The first kappa shape index (κ1) is 31.3. The smallest absolute Gasteiger partial charge is 0.196 e. The van der Waals surface area contributed by atoms with E-state index in [9.17, 15) is 0 Å². The third kappa shape index (κ3) is 6.08. The molecule has 0 aromatic heterocycles.